The van der Waals surface area contributed by atoms with Gasteiger partial charge in [-0.25, -0.2) is 8.91 Å². The second-order valence-corrected chi connectivity index (χ2v) is 3.73. The number of carbonyl (C=O) groups is 1. The first kappa shape index (κ1) is 13.3. The third-order valence-corrected chi connectivity index (χ3v) is 2.00. The van der Waals surface area contributed by atoms with E-state index in [1.807, 2.05) is 0 Å². The Morgan fingerprint density at radius 1 is 1.47 bits per heavy atom. The Bertz CT molecular complexity index is 440. The molecule has 0 heterocycles. The van der Waals surface area contributed by atoms with Gasteiger partial charge < -0.3 is 0 Å². The Morgan fingerprint density at radius 2 is 2.06 bits per heavy atom. The molecule has 0 aliphatic rings. The van der Waals surface area contributed by atoms with Crippen molar-refractivity contribution in [2.75, 3.05) is 0 Å². The predicted molar refractivity (Wildman–Crippen MR) is 59.1 cm³/mol. The number of carbonyl (C=O) groups excluding carboxylic acids is 1. The highest BCUT2D eigenvalue weighted by atomic mass is 31.1. The minimum atomic E-state index is -2.88. The van der Waals surface area contributed by atoms with Gasteiger partial charge in [-0.2, -0.15) is 0 Å². The maximum atomic E-state index is 12.6. The van der Waals surface area contributed by atoms with Gasteiger partial charge in [0.15, 0.2) is 0 Å². The van der Waals surface area contributed by atoms with Crippen LogP contribution in [0.5, 0.6) is 0 Å². The molecule has 1 rings (SSSR count). The van der Waals surface area contributed by atoms with Crippen molar-refractivity contribution in [3.8, 4) is 0 Å². The largest absolute Gasteiger partial charge is 0.748 e. The fourth-order valence-corrected chi connectivity index (χ4v) is 1.32. The lowest BCUT2D eigenvalue weighted by molar-refractivity contribution is -0.118. The van der Waals surface area contributed by atoms with Crippen LogP contribution in [0.4, 0.5) is 4.39 Å². The molecule has 1 unspecified atom stereocenters. The highest BCUT2D eigenvalue weighted by Crippen LogP contribution is 2.20. The summed E-state index contributed by atoms with van der Waals surface area (Å²) in [6.07, 6.45) is 1.31. The number of rotatable bonds is 4. The topological polar surface area (TPSA) is 75.6 Å². The Kier molecular flexibility index (Phi) is 4.75. The van der Waals surface area contributed by atoms with Gasteiger partial charge in [0.1, 0.15) is 5.82 Å². The number of hydrogen-bond donors (Lipinski definition) is 2. The number of amides is 1. The summed E-state index contributed by atoms with van der Waals surface area (Å²) >= 11 is 0. The fraction of sp³-hybridized carbons (Fsp3) is 0.100. The molecule has 0 aliphatic carbocycles. The van der Waals surface area contributed by atoms with Crippen molar-refractivity contribution in [3.63, 3.8) is 0 Å². The molecular weight excluding hydrogens is 248 g/mol. The van der Waals surface area contributed by atoms with Crippen LogP contribution in [-0.4, -0.2) is 10.8 Å². The third kappa shape index (κ3) is 5.19. The van der Waals surface area contributed by atoms with Gasteiger partial charge >= 0.3 is 8.25 Å². The van der Waals surface area contributed by atoms with E-state index in [2.05, 4.69) is 9.84 Å². The van der Waals surface area contributed by atoms with Gasteiger partial charge in [-0.3, -0.25) is 10.1 Å². The van der Waals surface area contributed by atoms with Crippen molar-refractivity contribution in [2.45, 2.75) is 6.92 Å². The summed E-state index contributed by atoms with van der Waals surface area (Å²) in [4.78, 5) is 19.4. The summed E-state index contributed by atoms with van der Waals surface area (Å²) in [6, 6.07) is 5.31. The fourth-order valence-electron chi connectivity index (χ4n) is 1.05. The van der Waals surface area contributed by atoms with Gasteiger partial charge in [-0.15, -0.1) is 4.89 Å². The van der Waals surface area contributed by atoms with Crippen molar-refractivity contribution >= 4 is 20.2 Å². The van der Waals surface area contributed by atoms with E-state index in [0.29, 0.717) is 5.56 Å². The van der Waals surface area contributed by atoms with Crippen LogP contribution in [0.15, 0.2) is 30.1 Å². The van der Waals surface area contributed by atoms with Crippen molar-refractivity contribution in [1.82, 2.24) is 5.32 Å². The smallest absolute Gasteiger partial charge is 0.292 e. The van der Waals surface area contributed by atoms with Gasteiger partial charge in [0.25, 0.3) is 5.88 Å². The maximum absolute atomic E-state index is 12.6. The minimum Gasteiger partial charge on any atom is -0.292 e. The Hall–Kier alpha value is -1.78. The lowest BCUT2D eigenvalue weighted by Crippen LogP contribution is -2.19. The molecule has 1 amide bonds. The van der Waals surface area contributed by atoms with Gasteiger partial charge in [-0.05, 0) is 17.7 Å². The molecule has 17 heavy (non-hydrogen) atoms. The molecule has 1 aromatic carbocycles. The monoisotopic (exact) mass is 258 g/mol. The van der Waals surface area contributed by atoms with Crippen LogP contribution in [0, 0.1) is 5.82 Å². The summed E-state index contributed by atoms with van der Waals surface area (Å²) in [5.41, 5.74) is 0.520. The highest BCUT2D eigenvalue weighted by molar-refractivity contribution is 7.32. The van der Waals surface area contributed by atoms with E-state index >= 15 is 0 Å². The molecular formula is C10H10FNO4P+. The molecule has 0 radical (unpaired) electrons. The van der Waals surface area contributed by atoms with E-state index in [1.165, 1.54) is 37.3 Å². The number of hydrogen-bond acceptors (Lipinski definition) is 3. The second-order valence-electron chi connectivity index (χ2n) is 3.07. The molecule has 0 saturated heterocycles. The molecule has 2 N–H and O–H groups in total. The van der Waals surface area contributed by atoms with Gasteiger partial charge in [0.05, 0.1) is 0 Å². The first-order valence-corrected chi connectivity index (χ1v) is 5.69. The Morgan fingerprint density at radius 3 is 2.53 bits per heavy atom. The van der Waals surface area contributed by atoms with Crippen LogP contribution >= 0.6 is 8.25 Å². The molecule has 1 aromatic rings. The summed E-state index contributed by atoms with van der Waals surface area (Å²) in [6.45, 7) is 1.23. The molecule has 0 fully saturated rings. The van der Waals surface area contributed by atoms with Gasteiger partial charge in [0.2, 0.25) is 5.91 Å². The lowest BCUT2D eigenvalue weighted by Gasteiger charge is -2.00. The quantitative estimate of drug-likeness (QED) is 0.639. The standard InChI is InChI=1S/C10H9FNO4P/c1-7(13)12-10(16-17(14)15)6-8-2-4-9(11)5-3-8/h2-6H,1H3,(H-,12,13,14,15)/p+1. The third-order valence-electron chi connectivity index (χ3n) is 1.64. The van der Waals surface area contributed by atoms with Crippen molar-refractivity contribution in [1.29, 1.82) is 0 Å². The number of nitrogens with one attached hydrogen (secondary N) is 1. The van der Waals surface area contributed by atoms with Gasteiger partial charge in [0, 0.05) is 17.6 Å². The van der Waals surface area contributed by atoms with Crippen LogP contribution in [0.2, 0.25) is 0 Å². The van der Waals surface area contributed by atoms with E-state index in [4.69, 9.17) is 4.89 Å². The molecule has 90 valence electrons. The summed E-state index contributed by atoms with van der Waals surface area (Å²) in [5, 5.41) is 2.24. The zero-order valence-corrected chi connectivity index (χ0v) is 9.78. The van der Waals surface area contributed by atoms with E-state index in [0.717, 1.165) is 0 Å². The molecule has 0 aliphatic heterocycles. The first-order valence-electron chi connectivity index (χ1n) is 4.56. The van der Waals surface area contributed by atoms with Crippen LogP contribution in [0.1, 0.15) is 12.5 Å². The van der Waals surface area contributed by atoms with E-state index < -0.39 is 20.0 Å². The SMILES string of the molecule is CC(=O)NC(=Cc1ccc(F)cc1)O[P+](=O)O. The maximum Gasteiger partial charge on any atom is 0.748 e. The molecule has 0 saturated carbocycles. The van der Waals surface area contributed by atoms with E-state index in [9.17, 15) is 13.8 Å². The molecule has 0 aromatic heterocycles. The Balaban J connectivity index is 2.91. The average molecular weight is 258 g/mol. The van der Waals surface area contributed by atoms with Gasteiger partial charge in [-0.1, -0.05) is 12.1 Å². The number of halogens is 1. The van der Waals surface area contributed by atoms with Crippen LogP contribution in [0.25, 0.3) is 6.08 Å². The van der Waals surface area contributed by atoms with Crippen LogP contribution in [-0.2, 0) is 13.9 Å². The molecule has 1 atom stereocenters. The normalized spacial score (nSPS) is 11.9. The van der Waals surface area contributed by atoms with Crippen molar-refractivity contribution in [3.05, 3.63) is 41.5 Å². The Labute approximate surface area is 97.9 Å². The molecule has 5 nitrogen and oxygen atoms in total. The zero-order valence-electron chi connectivity index (χ0n) is 8.88. The predicted octanol–water partition coefficient (Wildman–Crippen LogP) is 1.93. The van der Waals surface area contributed by atoms with Crippen LogP contribution < -0.4 is 5.32 Å². The molecule has 0 bridgehead atoms. The zero-order chi connectivity index (χ0) is 12.8. The highest BCUT2D eigenvalue weighted by Gasteiger charge is 2.17. The van der Waals surface area contributed by atoms with Crippen molar-refractivity contribution < 1.29 is 23.2 Å². The van der Waals surface area contributed by atoms with E-state index in [1.54, 1.807) is 0 Å². The first-order chi connectivity index (χ1) is 7.97. The minimum absolute atomic E-state index is 0.173. The van der Waals surface area contributed by atoms with Crippen LogP contribution in [0.3, 0.4) is 0 Å². The summed E-state index contributed by atoms with van der Waals surface area (Å²) in [7, 11) is -2.88. The lowest BCUT2D eigenvalue weighted by atomic mass is 10.2. The van der Waals surface area contributed by atoms with Crippen molar-refractivity contribution in [2.24, 2.45) is 0 Å². The van der Waals surface area contributed by atoms with E-state index in [-0.39, 0.29) is 5.88 Å². The molecule has 0 spiro atoms. The number of benzene rings is 1. The second kappa shape index (κ2) is 6.08. The average Bonchev–Trinajstić information content (AvgIpc) is 2.19. The molecule has 7 heteroatoms. The summed E-state index contributed by atoms with van der Waals surface area (Å²) in [5.74, 6) is -1.03. The summed E-state index contributed by atoms with van der Waals surface area (Å²) < 4.78 is 27.6.